The van der Waals surface area contributed by atoms with E-state index in [1.54, 1.807) is 35.5 Å². The third kappa shape index (κ3) is 7.30. The van der Waals surface area contributed by atoms with Gasteiger partial charge in [0.05, 0.1) is 0 Å². The van der Waals surface area contributed by atoms with E-state index < -0.39 is 15.6 Å². The number of fused-ring (bicyclic) bond motifs is 2. The second kappa shape index (κ2) is 12.2. The number of hydrogen-bond acceptors (Lipinski definition) is 2. The van der Waals surface area contributed by atoms with E-state index in [2.05, 4.69) is 25.7 Å². The van der Waals surface area contributed by atoms with Gasteiger partial charge in [-0.25, -0.2) is 0 Å². The molecule has 0 unspecified atom stereocenters. The Balaban J connectivity index is 0.000000393. The van der Waals surface area contributed by atoms with Crippen LogP contribution in [0.1, 0.15) is 64.2 Å². The van der Waals surface area contributed by atoms with E-state index in [9.17, 15) is 13.2 Å². The Morgan fingerprint density at radius 1 is 0.767 bits per heavy atom. The maximum absolute atomic E-state index is 10.7. The Kier molecular flexibility index (Phi) is 11.6. The molecular formula is C22H28F3O3SZr+2. The van der Waals surface area contributed by atoms with E-state index in [1.807, 2.05) is 0 Å². The minimum Gasteiger partial charge on any atom is -0.358 e. The Hall–Kier alpha value is 0.583. The van der Waals surface area contributed by atoms with Crippen molar-refractivity contribution >= 4 is 10.1 Å². The second-order valence-corrected chi connectivity index (χ2v) is 8.97. The quantitative estimate of drug-likeness (QED) is 0.280. The second-order valence-electron chi connectivity index (χ2n) is 7.56. The molecule has 3 nitrogen and oxygen atoms in total. The first-order chi connectivity index (χ1) is 13.2. The van der Waals surface area contributed by atoms with Gasteiger partial charge in [0.25, 0.3) is 0 Å². The van der Waals surface area contributed by atoms with Crippen LogP contribution in [0.2, 0.25) is 0 Å². The zero-order valence-corrected chi connectivity index (χ0v) is 20.5. The van der Waals surface area contributed by atoms with E-state index in [1.165, 1.54) is 64.2 Å². The summed E-state index contributed by atoms with van der Waals surface area (Å²) in [5.41, 5.74) is -5.53. The molecule has 0 heterocycles. The van der Waals surface area contributed by atoms with Crippen molar-refractivity contribution in [1.82, 2.24) is 0 Å². The summed E-state index contributed by atoms with van der Waals surface area (Å²) in [4.78, 5) is 0. The number of rotatable bonds is 3. The van der Waals surface area contributed by atoms with Crippen molar-refractivity contribution in [3.05, 3.63) is 68.6 Å². The first kappa shape index (κ1) is 28.6. The van der Waals surface area contributed by atoms with Gasteiger partial charge in [-0.3, -0.25) is 4.55 Å². The molecular weight excluding hydrogens is 493 g/mol. The molecule has 0 spiro atoms. The molecule has 0 atom stereocenters. The summed E-state index contributed by atoms with van der Waals surface area (Å²) in [6.45, 7) is 0. The van der Waals surface area contributed by atoms with Crippen LogP contribution in [-0.4, -0.2) is 18.5 Å². The molecule has 11 radical (unpaired) electrons. The van der Waals surface area contributed by atoms with E-state index >= 15 is 0 Å². The molecule has 4 fully saturated rings. The van der Waals surface area contributed by atoms with E-state index in [4.69, 9.17) is 13.0 Å². The van der Waals surface area contributed by atoms with Gasteiger partial charge in [-0.05, 0) is 99.7 Å². The molecule has 0 bridgehead atoms. The molecule has 4 saturated carbocycles. The Morgan fingerprint density at radius 2 is 1.10 bits per heavy atom. The number of halogens is 3. The third-order valence-corrected chi connectivity index (χ3v) is 6.31. The van der Waals surface area contributed by atoms with Gasteiger partial charge in [-0.15, -0.1) is 0 Å². The van der Waals surface area contributed by atoms with Gasteiger partial charge in [0.2, 0.25) is 0 Å². The van der Waals surface area contributed by atoms with E-state index in [-0.39, 0.29) is 33.6 Å². The molecule has 30 heavy (non-hydrogen) atoms. The maximum atomic E-state index is 10.7. The van der Waals surface area contributed by atoms with Crippen LogP contribution in [0.4, 0.5) is 13.2 Å². The molecule has 0 amide bonds. The number of alkyl halides is 3. The Bertz CT molecular complexity index is 579. The van der Waals surface area contributed by atoms with Crippen LogP contribution < -0.4 is 0 Å². The van der Waals surface area contributed by atoms with Crippen LogP contribution in [0, 0.1) is 68.6 Å². The molecule has 0 aromatic heterocycles. The van der Waals surface area contributed by atoms with Crippen LogP contribution in [0.5, 0.6) is 0 Å². The van der Waals surface area contributed by atoms with Crippen molar-refractivity contribution in [1.29, 1.82) is 0 Å². The van der Waals surface area contributed by atoms with Gasteiger partial charge < -0.3 is 7.43 Å². The minimum atomic E-state index is -5.84. The van der Waals surface area contributed by atoms with Gasteiger partial charge in [-0.1, -0.05) is 25.7 Å². The van der Waals surface area contributed by atoms with Gasteiger partial charge in [0, 0.05) is 0 Å². The summed E-state index contributed by atoms with van der Waals surface area (Å²) in [5.74, 6) is 10.00. The smallest absolute Gasteiger partial charge is 0.358 e. The fourth-order valence-electron chi connectivity index (χ4n) is 4.30. The standard InChI is InChI=1S/C20H24.CHF3O3S.CH3.Zr/c1-3-7-19-15(5-1)9-11-17(19)13-14-18-12-10-16-6-2-4-8-20(16)18;2-1(3,4)8(5,6)7;;/h9-12H,1-8,13-14H2;(H,5,6,7);1H3;/q;;-1;+3. The van der Waals surface area contributed by atoms with Crippen molar-refractivity contribution in [3.63, 3.8) is 0 Å². The largest absolute Gasteiger partial charge is 3.00 e. The fourth-order valence-corrected chi connectivity index (χ4v) is 4.30. The molecule has 0 aromatic rings. The summed E-state index contributed by atoms with van der Waals surface area (Å²) in [6, 6.07) is 0. The predicted molar refractivity (Wildman–Crippen MR) is 107 cm³/mol. The van der Waals surface area contributed by atoms with Crippen LogP contribution in [0.25, 0.3) is 0 Å². The van der Waals surface area contributed by atoms with E-state index in [0.29, 0.717) is 0 Å². The molecule has 8 heteroatoms. The fraction of sp³-hybridized carbons (Fsp3) is 0.500. The summed E-state index contributed by atoms with van der Waals surface area (Å²) in [7, 11) is -5.84. The molecule has 4 aliphatic rings. The molecule has 1 N–H and O–H groups in total. The van der Waals surface area contributed by atoms with Crippen molar-refractivity contribution in [2.45, 2.75) is 69.7 Å². The molecule has 0 saturated heterocycles. The van der Waals surface area contributed by atoms with Crippen LogP contribution >= 0.6 is 0 Å². The summed E-state index contributed by atoms with van der Waals surface area (Å²) in [5, 5.41) is 0. The summed E-state index contributed by atoms with van der Waals surface area (Å²) < 4.78 is 57.5. The summed E-state index contributed by atoms with van der Waals surface area (Å²) in [6.07, 6.45) is 23.0. The van der Waals surface area contributed by atoms with Crippen LogP contribution in [-0.2, 0) is 36.3 Å². The van der Waals surface area contributed by atoms with Crippen molar-refractivity contribution in [2.24, 2.45) is 0 Å². The van der Waals surface area contributed by atoms with Crippen molar-refractivity contribution in [2.75, 3.05) is 0 Å². The first-order valence-electron chi connectivity index (χ1n) is 9.73. The molecule has 163 valence electrons. The topological polar surface area (TPSA) is 54.4 Å². The molecule has 4 aliphatic carbocycles. The molecule has 0 aliphatic heterocycles. The van der Waals surface area contributed by atoms with Crippen LogP contribution in [0.3, 0.4) is 0 Å². The predicted octanol–water partition coefficient (Wildman–Crippen LogP) is 6.05. The van der Waals surface area contributed by atoms with Gasteiger partial charge >= 0.3 is 41.8 Å². The van der Waals surface area contributed by atoms with Gasteiger partial charge in [-0.2, -0.15) is 21.6 Å². The SMILES string of the molecule is O=S(=O)(O)C(F)(F)F.[CH3-].[CH]1[CH][C](CC[C]2[CH][CH][C]3CCCC[C]32)[C]2CCCC[C]12.[Zr+3]. The minimum absolute atomic E-state index is 0. The zero-order valence-electron chi connectivity index (χ0n) is 17.2. The molecule has 0 aromatic carbocycles. The van der Waals surface area contributed by atoms with Crippen LogP contribution in [0.15, 0.2) is 0 Å². The summed E-state index contributed by atoms with van der Waals surface area (Å²) >= 11 is 0. The average Bonchev–Trinajstić information content (AvgIpc) is 3.23. The average molecular weight is 521 g/mol. The van der Waals surface area contributed by atoms with Crippen molar-refractivity contribution in [3.8, 4) is 0 Å². The van der Waals surface area contributed by atoms with Gasteiger partial charge in [0.15, 0.2) is 0 Å². The Morgan fingerprint density at radius 3 is 1.43 bits per heavy atom. The monoisotopic (exact) mass is 519 g/mol. The Labute approximate surface area is 200 Å². The third-order valence-electron chi connectivity index (χ3n) is 5.72. The molecule has 4 rings (SSSR count). The maximum Gasteiger partial charge on any atom is 3.00 e. The zero-order chi connectivity index (χ0) is 20.4. The number of hydrogen-bond donors (Lipinski definition) is 1. The first-order valence-corrected chi connectivity index (χ1v) is 11.2. The van der Waals surface area contributed by atoms with Crippen molar-refractivity contribution < 1.29 is 52.3 Å². The van der Waals surface area contributed by atoms with Gasteiger partial charge in [0.1, 0.15) is 0 Å². The normalized spacial score (nSPS) is 24.9. The van der Waals surface area contributed by atoms with E-state index in [0.717, 1.165) is 0 Å².